The topological polar surface area (TPSA) is 114 Å². The highest BCUT2D eigenvalue weighted by atomic mass is 32.2. The number of carboxylic acids is 1. The van der Waals surface area contributed by atoms with Crippen LogP contribution in [-0.2, 0) is 19.6 Å². The SMILES string of the molecule is COC(=O)c1cc(S(=O)(=O)N(C)C(C)C(=O)O)oc1C. The van der Waals surface area contributed by atoms with Crippen molar-refractivity contribution in [3.8, 4) is 0 Å². The highest BCUT2D eigenvalue weighted by Gasteiger charge is 2.33. The number of rotatable bonds is 5. The number of ether oxygens (including phenoxy) is 1. The first-order valence-electron chi connectivity index (χ1n) is 5.52. The average Bonchev–Trinajstić information content (AvgIpc) is 2.78. The molecule has 0 spiro atoms. The maximum absolute atomic E-state index is 12.2. The standard InChI is InChI=1S/C11H15NO7S/c1-6(10(13)14)12(3)20(16,17)9-5-8(7(2)19-9)11(15)18-4/h5-6H,1-4H3,(H,13,14). The van der Waals surface area contributed by atoms with E-state index in [9.17, 15) is 18.0 Å². The summed E-state index contributed by atoms with van der Waals surface area (Å²) >= 11 is 0. The Hall–Kier alpha value is -1.87. The number of furan rings is 1. The summed E-state index contributed by atoms with van der Waals surface area (Å²) in [5.41, 5.74) is -0.0255. The average molecular weight is 305 g/mol. The molecular formula is C11H15NO7S. The van der Waals surface area contributed by atoms with Crippen LogP contribution in [0.1, 0.15) is 23.0 Å². The molecule has 0 fully saturated rings. The van der Waals surface area contributed by atoms with Crippen molar-refractivity contribution in [2.75, 3.05) is 14.2 Å². The van der Waals surface area contributed by atoms with Crippen LogP contribution in [0.5, 0.6) is 0 Å². The summed E-state index contributed by atoms with van der Waals surface area (Å²) in [6.07, 6.45) is 0. The maximum Gasteiger partial charge on any atom is 0.341 e. The molecule has 0 radical (unpaired) electrons. The molecule has 112 valence electrons. The number of methoxy groups -OCH3 is 1. The number of hydrogen-bond acceptors (Lipinski definition) is 6. The fourth-order valence-electron chi connectivity index (χ4n) is 1.40. The Morgan fingerprint density at radius 3 is 2.45 bits per heavy atom. The van der Waals surface area contributed by atoms with Crippen LogP contribution < -0.4 is 0 Å². The second-order valence-electron chi connectivity index (χ2n) is 4.06. The van der Waals surface area contributed by atoms with E-state index in [-0.39, 0.29) is 11.3 Å². The van der Waals surface area contributed by atoms with Crippen molar-refractivity contribution in [2.45, 2.75) is 25.0 Å². The summed E-state index contributed by atoms with van der Waals surface area (Å²) < 4.78 is 34.5. The third kappa shape index (κ3) is 2.83. The van der Waals surface area contributed by atoms with Gasteiger partial charge in [-0.15, -0.1) is 0 Å². The predicted molar refractivity (Wildman–Crippen MR) is 66.8 cm³/mol. The van der Waals surface area contributed by atoms with Crippen LogP contribution in [0.15, 0.2) is 15.6 Å². The molecule has 1 atom stereocenters. The Bertz CT molecular complexity index is 631. The molecule has 1 heterocycles. The predicted octanol–water partition coefficient (Wildman–Crippen LogP) is 0.468. The number of carbonyl (C=O) groups is 2. The molecule has 20 heavy (non-hydrogen) atoms. The normalized spacial score (nSPS) is 13.2. The van der Waals surface area contributed by atoms with Crippen molar-refractivity contribution in [3.63, 3.8) is 0 Å². The minimum absolute atomic E-state index is 0.0255. The number of carbonyl (C=O) groups excluding carboxylic acids is 1. The lowest BCUT2D eigenvalue weighted by Gasteiger charge is -2.19. The number of hydrogen-bond donors (Lipinski definition) is 1. The molecule has 0 aliphatic carbocycles. The largest absolute Gasteiger partial charge is 0.480 e. The first-order chi connectivity index (χ1) is 9.12. The quantitative estimate of drug-likeness (QED) is 0.786. The zero-order chi connectivity index (χ0) is 15.7. The number of carboxylic acid groups (broad SMARTS) is 1. The molecule has 1 aromatic heterocycles. The van der Waals surface area contributed by atoms with Gasteiger partial charge in [0.2, 0.25) is 5.09 Å². The number of nitrogens with zero attached hydrogens (tertiary/aromatic N) is 1. The lowest BCUT2D eigenvalue weighted by atomic mass is 10.3. The summed E-state index contributed by atoms with van der Waals surface area (Å²) in [7, 11) is -1.88. The van der Waals surface area contributed by atoms with Crippen molar-refractivity contribution in [1.29, 1.82) is 0 Å². The minimum Gasteiger partial charge on any atom is -0.480 e. The van der Waals surface area contributed by atoms with Crippen molar-refractivity contribution in [3.05, 3.63) is 17.4 Å². The lowest BCUT2D eigenvalue weighted by molar-refractivity contribution is -0.140. The molecule has 0 saturated carbocycles. The maximum atomic E-state index is 12.2. The molecular weight excluding hydrogens is 290 g/mol. The van der Waals surface area contributed by atoms with Crippen LogP contribution in [-0.4, -0.2) is 50.0 Å². The number of aryl methyl sites for hydroxylation is 1. The summed E-state index contributed by atoms with van der Waals surface area (Å²) in [4.78, 5) is 22.2. The number of esters is 1. The molecule has 9 heteroatoms. The van der Waals surface area contributed by atoms with Gasteiger partial charge in [0, 0.05) is 13.1 Å². The Kier molecular flexibility index (Phi) is 4.56. The van der Waals surface area contributed by atoms with Gasteiger partial charge in [-0.25, -0.2) is 13.2 Å². The van der Waals surface area contributed by atoms with Crippen LogP contribution in [0.25, 0.3) is 0 Å². The second-order valence-corrected chi connectivity index (χ2v) is 5.99. The van der Waals surface area contributed by atoms with E-state index in [0.29, 0.717) is 4.31 Å². The fourth-order valence-corrected chi connectivity index (χ4v) is 2.69. The Labute approximate surface area is 116 Å². The van der Waals surface area contributed by atoms with Gasteiger partial charge in [-0.2, -0.15) is 4.31 Å². The van der Waals surface area contributed by atoms with Crippen LogP contribution in [0.2, 0.25) is 0 Å². The molecule has 0 bridgehead atoms. The van der Waals surface area contributed by atoms with Crippen molar-refractivity contribution < 1.29 is 32.3 Å². The van der Waals surface area contributed by atoms with Crippen LogP contribution in [0.4, 0.5) is 0 Å². The van der Waals surface area contributed by atoms with Crippen LogP contribution in [0, 0.1) is 6.92 Å². The first-order valence-corrected chi connectivity index (χ1v) is 6.96. The van der Waals surface area contributed by atoms with E-state index in [0.717, 1.165) is 20.2 Å². The smallest absolute Gasteiger partial charge is 0.341 e. The van der Waals surface area contributed by atoms with Crippen LogP contribution in [0.3, 0.4) is 0 Å². The van der Waals surface area contributed by atoms with Gasteiger partial charge >= 0.3 is 11.9 Å². The molecule has 0 amide bonds. The molecule has 0 aromatic carbocycles. The van der Waals surface area contributed by atoms with Crippen molar-refractivity contribution in [2.24, 2.45) is 0 Å². The fraction of sp³-hybridized carbons (Fsp3) is 0.455. The minimum atomic E-state index is -4.15. The zero-order valence-corrected chi connectivity index (χ0v) is 12.2. The Morgan fingerprint density at radius 2 is 2.00 bits per heavy atom. The van der Waals surface area contributed by atoms with E-state index in [2.05, 4.69) is 4.74 Å². The lowest BCUT2D eigenvalue weighted by Crippen LogP contribution is -2.40. The Balaban J connectivity index is 3.24. The third-order valence-corrected chi connectivity index (χ3v) is 4.62. The molecule has 1 unspecified atom stereocenters. The second kappa shape index (κ2) is 5.63. The van der Waals surface area contributed by atoms with E-state index in [4.69, 9.17) is 9.52 Å². The molecule has 8 nitrogen and oxygen atoms in total. The highest BCUT2D eigenvalue weighted by Crippen LogP contribution is 2.23. The third-order valence-electron chi connectivity index (χ3n) is 2.84. The van der Waals surface area contributed by atoms with Crippen LogP contribution >= 0.6 is 0 Å². The van der Waals surface area contributed by atoms with Gasteiger partial charge in [-0.3, -0.25) is 4.79 Å². The summed E-state index contributed by atoms with van der Waals surface area (Å²) in [6, 6.07) is -0.256. The molecule has 1 N–H and O–H groups in total. The summed E-state index contributed by atoms with van der Waals surface area (Å²) in [5.74, 6) is -1.96. The van der Waals surface area contributed by atoms with E-state index < -0.39 is 33.1 Å². The van der Waals surface area contributed by atoms with Gasteiger partial charge < -0.3 is 14.3 Å². The number of aliphatic carboxylic acids is 1. The summed E-state index contributed by atoms with van der Waals surface area (Å²) in [5, 5.41) is 8.33. The van der Waals surface area contributed by atoms with E-state index in [1.807, 2.05) is 0 Å². The highest BCUT2D eigenvalue weighted by molar-refractivity contribution is 7.89. The number of likely N-dealkylation sites (N-methyl/N-ethyl adjacent to an activating group) is 1. The van der Waals surface area contributed by atoms with Crippen molar-refractivity contribution >= 4 is 22.0 Å². The van der Waals surface area contributed by atoms with E-state index in [1.165, 1.54) is 13.8 Å². The molecule has 1 rings (SSSR count). The first kappa shape index (κ1) is 16.2. The van der Waals surface area contributed by atoms with Gasteiger partial charge in [0.25, 0.3) is 10.0 Å². The monoisotopic (exact) mass is 305 g/mol. The van der Waals surface area contributed by atoms with Gasteiger partial charge in [-0.1, -0.05) is 0 Å². The van der Waals surface area contributed by atoms with Gasteiger partial charge in [-0.05, 0) is 13.8 Å². The Morgan fingerprint density at radius 1 is 1.45 bits per heavy atom. The van der Waals surface area contributed by atoms with Gasteiger partial charge in [0.05, 0.1) is 7.11 Å². The van der Waals surface area contributed by atoms with Gasteiger partial charge in [0.15, 0.2) is 0 Å². The zero-order valence-electron chi connectivity index (χ0n) is 11.4. The molecule has 0 aliphatic rings. The van der Waals surface area contributed by atoms with E-state index in [1.54, 1.807) is 0 Å². The number of sulfonamides is 1. The molecule has 1 aromatic rings. The molecule has 0 aliphatic heterocycles. The van der Waals surface area contributed by atoms with Crippen molar-refractivity contribution in [1.82, 2.24) is 4.31 Å². The van der Waals surface area contributed by atoms with Gasteiger partial charge in [0.1, 0.15) is 17.4 Å². The van der Waals surface area contributed by atoms with E-state index >= 15 is 0 Å². The summed E-state index contributed by atoms with van der Waals surface area (Å²) in [6.45, 7) is 2.63. The molecule has 0 saturated heterocycles.